The van der Waals surface area contributed by atoms with Gasteiger partial charge in [-0.15, -0.1) is 0 Å². The van der Waals surface area contributed by atoms with Crippen LogP contribution in [0.15, 0.2) is 36.4 Å². The number of hydrogen-bond donors (Lipinski definition) is 6. The van der Waals surface area contributed by atoms with Gasteiger partial charge in [0.05, 0.1) is 41.6 Å². The van der Waals surface area contributed by atoms with Gasteiger partial charge in [0.2, 0.25) is 23.7 Å². The Hall–Kier alpha value is -6.84. The first-order chi connectivity index (χ1) is 28.7. The SMILES string of the molecule is CCn1nc(C)cc1C(=O)Nc1nc2cc(C(N)=O)cc(OCCCOC)c2n1CC(O)C(O)[C@H]1COc2cc(C(N)=O)cc3nc(NC(=O)c4cc(C)nn4CC)n1c23. The van der Waals surface area contributed by atoms with Crippen LogP contribution in [0.1, 0.15) is 79.4 Å². The largest absolute Gasteiger partial charge is 0.491 e. The highest BCUT2D eigenvalue weighted by atomic mass is 16.5. The summed E-state index contributed by atoms with van der Waals surface area (Å²) in [6.45, 7) is 7.94. The molecule has 4 aromatic heterocycles. The van der Waals surface area contributed by atoms with Crippen molar-refractivity contribution in [1.29, 1.82) is 0 Å². The molecule has 1 aliphatic rings. The predicted octanol–water partition coefficient (Wildman–Crippen LogP) is 1.91. The number of aliphatic hydroxyl groups excluding tert-OH is 2. The molecule has 21 nitrogen and oxygen atoms in total. The second kappa shape index (κ2) is 16.8. The van der Waals surface area contributed by atoms with Crippen LogP contribution in [0.5, 0.6) is 11.5 Å². The average molecular weight is 827 g/mol. The number of imidazole rings is 2. The number of carbonyl (C=O) groups excluding carboxylic acids is 4. The van der Waals surface area contributed by atoms with E-state index < -0.39 is 41.9 Å². The molecule has 0 radical (unpaired) electrons. The number of nitrogens with two attached hydrogens (primary N) is 2. The van der Waals surface area contributed by atoms with Crippen molar-refractivity contribution in [1.82, 2.24) is 38.7 Å². The summed E-state index contributed by atoms with van der Waals surface area (Å²) in [5.41, 5.74) is 14.3. The molecular weight excluding hydrogens is 781 g/mol. The van der Waals surface area contributed by atoms with Gasteiger partial charge in [0, 0.05) is 44.4 Å². The quantitative estimate of drug-likeness (QED) is 0.0718. The second-order valence-electron chi connectivity index (χ2n) is 14.3. The van der Waals surface area contributed by atoms with Gasteiger partial charge in [-0.1, -0.05) is 0 Å². The molecule has 21 heteroatoms. The highest BCUT2D eigenvalue weighted by Gasteiger charge is 2.37. The van der Waals surface area contributed by atoms with Gasteiger partial charge in [0.25, 0.3) is 11.8 Å². The van der Waals surface area contributed by atoms with Gasteiger partial charge >= 0.3 is 0 Å². The maximum absolute atomic E-state index is 13.8. The Kier molecular flexibility index (Phi) is 11.6. The number of benzene rings is 2. The minimum Gasteiger partial charge on any atom is -0.491 e. The van der Waals surface area contributed by atoms with Crippen molar-refractivity contribution in [2.24, 2.45) is 11.5 Å². The number of amides is 4. The number of primary amides is 2. The van der Waals surface area contributed by atoms with Gasteiger partial charge in [-0.25, -0.2) is 9.97 Å². The summed E-state index contributed by atoms with van der Waals surface area (Å²) in [5.74, 6) is -2.25. The molecule has 2 aromatic carbocycles. The molecule has 0 saturated heterocycles. The number of hydrogen-bond acceptors (Lipinski definition) is 13. The third-order valence-corrected chi connectivity index (χ3v) is 10.1. The summed E-state index contributed by atoms with van der Waals surface area (Å²) >= 11 is 0. The van der Waals surface area contributed by atoms with Crippen LogP contribution in [-0.4, -0.2) is 112 Å². The molecule has 6 aromatic rings. The van der Waals surface area contributed by atoms with E-state index in [2.05, 4.69) is 30.8 Å². The predicted molar refractivity (Wildman–Crippen MR) is 216 cm³/mol. The number of anilines is 2. The van der Waals surface area contributed by atoms with Crippen molar-refractivity contribution in [3.05, 3.63) is 70.3 Å². The Morgan fingerprint density at radius 3 is 1.98 bits per heavy atom. The van der Waals surface area contributed by atoms with Gasteiger partial charge < -0.3 is 40.5 Å². The lowest BCUT2D eigenvalue weighted by molar-refractivity contribution is -0.0319. The van der Waals surface area contributed by atoms with Gasteiger partial charge in [-0.05, 0) is 64.1 Å². The summed E-state index contributed by atoms with van der Waals surface area (Å²) in [5, 5.41) is 38.5. The fraction of sp³-hybridized carbons (Fsp3) is 0.385. The lowest BCUT2D eigenvalue weighted by Gasteiger charge is -2.33. The minimum atomic E-state index is -1.63. The number of carbonyl (C=O) groups is 4. The van der Waals surface area contributed by atoms with E-state index in [1.165, 1.54) is 42.8 Å². The molecule has 60 heavy (non-hydrogen) atoms. The molecule has 316 valence electrons. The Morgan fingerprint density at radius 2 is 1.40 bits per heavy atom. The number of methoxy groups -OCH3 is 1. The Bertz CT molecular complexity index is 2640. The standard InChI is InChI=1S/C39H46N12O9/c1-6-49-25(11-19(3)46-49)36(56)44-38-42-23-13-21(34(40)54)15-29(59-10-8-9-58-5)31(23)48(38)17-28(52)33(53)27-18-60-30-16-22(35(41)55)14-24-32(30)51(27)39(43-24)45-37(57)26-12-20(4)47-50(26)7-2/h11-16,27-28,33,52-53H,6-10,17-18H2,1-5H3,(H2,40,54)(H2,41,55)(H,42,44,56)(H,43,45,57)/t27-,28?,33?/m1/s1. The van der Waals surface area contributed by atoms with E-state index in [-0.39, 0.29) is 82.2 Å². The zero-order valence-corrected chi connectivity index (χ0v) is 33.6. The van der Waals surface area contributed by atoms with Gasteiger partial charge in [0.15, 0.2) is 0 Å². The first-order valence-electron chi connectivity index (χ1n) is 19.2. The van der Waals surface area contributed by atoms with Crippen LogP contribution in [0.4, 0.5) is 11.9 Å². The molecule has 5 heterocycles. The Balaban J connectivity index is 1.30. The molecule has 0 spiro atoms. The second-order valence-corrected chi connectivity index (χ2v) is 14.3. The number of rotatable bonds is 17. The number of nitrogens with zero attached hydrogens (tertiary/aromatic N) is 8. The zero-order valence-electron chi connectivity index (χ0n) is 33.6. The molecule has 0 bridgehead atoms. The monoisotopic (exact) mass is 826 g/mol. The van der Waals surface area contributed by atoms with Crippen molar-refractivity contribution in [3.63, 3.8) is 0 Å². The maximum Gasteiger partial charge on any atom is 0.276 e. The summed E-state index contributed by atoms with van der Waals surface area (Å²) in [4.78, 5) is 61.4. The summed E-state index contributed by atoms with van der Waals surface area (Å²) in [7, 11) is 1.55. The van der Waals surface area contributed by atoms with Crippen LogP contribution in [0.3, 0.4) is 0 Å². The normalized spacial score (nSPS) is 14.6. The van der Waals surface area contributed by atoms with Crippen LogP contribution < -0.4 is 31.6 Å². The van der Waals surface area contributed by atoms with E-state index in [4.69, 9.17) is 25.7 Å². The van der Waals surface area contributed by atoms with Crippen LogP contribution in [-0.2, 0) is 24.4 Å². The first kappa shape index (κ1) is 41.3. The average Bonchev–Trinajstić information content (AvgIpc) is 3.99. The highest BCUT2D eigenvalue weighted by molar-refractivity contribution is 6.05. The third-order valence-electron chi connectivity index (χ3n) is 10.1. The zero-order chi connectivity index (χ0) is 43.0. The molecule has 3 atom stereocenters. The van der Waals surface area contributed by atoms with E-state index >= 15 is 0 Å². The lowest BCUT2D eigenvalue weighted by Crippen LogP contribution is -2.42. The van der Waals surface area contributed by atoms with Crippen molar-refractivity contribution >= 4 is 57.6 Å². The molecule has 0 aliphatic carbocycles. The number of ether oxygens (including phenoxy) is 3. The van der Waals surface area contributed by atoms with Crippen molar-refractivity contribution < 1.29 is 43.6 Å². The van der Waals surface area contributed by atoms with Crippen molar-refractivity contribution in [2.75, 3.05) is 37.6 Å². The number of aliphatic hydroxyl groups is 2. The molecule has 7 rings (SSSR count). The maximum atomic E-state index is 13.8. The molecule has 0 saturated carbocycles. The van der Waals surface area contributed by atoms with E-state index in [0.29, 0.717) is 43.0 Å². The van der Waals surface area contributed by atoms with Crippen LogP contribution in [0.2, 0.25) is 0 Å². The van der Waals surface area contributed by atoms with Gasteiger partial charge in [-0.2, -0.15) is 10.2 Å². The molecular formula is C39H46N12O9. The number of nitrogens with one attached hydrogen (secondary N) is 2. The van der Waals surface area contributed by atoms with Gasteiger partial charge in [-0.3, -0.25) is 43.7 Å². The topological polar surface area (TPSA) is 284 Å². The van der Waals surface area contributed by atoms with Crippen molar-refractivity contribution in [2.45, 2.75) is 72.0 Å². The fourth-order valence-electron chi connectivity index (χ4n) is 7.32. The molecule has 4 amide bonds. The molecule has 1 aliphatic heterocycles. The lowest BCUT2D eigenvalue weighted by atomic mass is 10.0. The Labute approximate surface area is 342 Å². The fourth-order valence-corrected chi connectivity index (χ4v) is 7.32. The smallest absolute Gasteiger partial charge is 0.276 e. The molecule has 0 fully saturated rings. The van der Waals surface area contributed by atoms with E-state index in [9.17, 15) is 29.4 Å². The van der Waals surface area contributed by atoms with Crippen LogP contribution in [0.25, 0.3) is 22.1 Å². The summed E-state index contributed by atoms with van der Waals surface area (Å²) < 4.78 is 23.4. The summed E-state index contributed by atoms with van der Waals surface area (Å²) in [6, 6.07) is 7.92. The van der Waals surface area contributed by atoms with E-state index in [0.717, 1.165) is 0 Å². The first-order valence-corrected chi connectivity index (χ1v) is 19.2. The minimum absolute atomic E-state index is 0.00600. The molecule has 2 unspecified atom stereocenters. The highest BCUT2D eigenvalue weighted by Crippen LogP contribution is 2.39. The Morgan fingerprint density at radius 1 is 0.833 bits per heavy atom. The third kappa shape index (κ3) is 7.84. The number of aromatic nitrogens is 8. The van der Waals surface area contributed by atoms with E-state index in [1.807, 2.05) is 13.8 Å². The van der Waals surface area contributed by atoms with E-state index in [1.54, 1.807) is 33.1 Å². The number of aryl methyl sites for hydroxylation is 4. The van der Waals surface area contributed by atoms with Crippen molar-refractivity contribution in [3.8, 4) is 11.5 Å². The molecule has 8 N–H and O–H groups in total. The summed E-state index contributed by atoms with van der Waals surface area (Å²) in [6.07, 6.45) is -2.77. The van der Waals surface area contributed by atoms with Crippen LogP contribution in [0, 0.1) is 13.8 Å². The number of fused-ring (bicyclic) bond motifs is 1. The van der Waals surface area contributed by atoms with Crippen LogP contribution >= 0.6 is 0 Å². The van der Waals surface area contributed by atoms with Gasteiger partial charge in [0.1, 0.15) is 52.7 Å².